The third-order valence-corrected chi connectivity index (χ3v) is 2.56. The monoisotopic (exact) mass is 206 g/mol. The number of hydrogen-bond donors (Lipinski definition) is 0. The zero-order valence-electron chi connectivity index (χ0n) is 8.81. The summed E-state index contributed by atoms with van der Waals surface area (Å²) in [5, 5.41) is 11.2. The lowest BCUT2D eigenvalue weighted by atomic mass is 9.94. The molecule has 0 aliphatic heterocycles. The van der Waals surface area contributed by atoms with Crippen LogP contribution >= 0.6 is 0 Å². The first-order chi connectivity index (χ1) is 7.25. The molecule has 0 N–H and O–H groups in total. The molecule has 1 aromatic rings. The van der Waals surface area contributed by atoms with Crippen LogP contribution in [-0.4, -0.2) is 26.0 Å². The van der Waals surface area contributed by atoms with E-state index in [1.807, 2.05) is 0 Å². The largest absolute Gasteiger partial charge is 0.286 e. The minimum atomic E-state index is -0.125. The van der Waals surface area contributed by atoms with Crippen molar-refractivity contribution in [3.8, 4) is 0 Å². The molecule has 0 aromatic carbocycles. The smallest absolute Gasteiger partial charge is 0.244 e. The summed E-state index contributed by atoms with van der Waals surface area (Å²) in [5.41, 5.74) is 1.22. The van der Waals surface area contributed by atoms with Gasteiger partial charge in [-0.15, -0.1) is 10.2 Å². The molecule has 1 heterocycles. The van der Waals surface area contributed by atoms with Gasteiger partial charge in [-0.2, -0.15) is 4.80 Å². The molecule has 2 rings (SSSR count). The van der Waals surface area contributed by atoms with Crippen molar-refractivity contribution in [1.29, 1.82) is 0 Å². The summed E-state index contributed by atoms with van der Waals surface area (Å²) in [6.45, 7) is 0. The number of hydrogen-bond acceptors (Lipinski definition) is 4. The Bertz CT molecular complexity index is 386. The second-order valence-corrected chi connectivity index (χ2v) is 3.83. The summed E-state index contributed by atoms with van der Waals surface area (Å²) < 4.78 is 0. The van der Waals surface area contributed by atoms with Gasteiger partial charge in [0.1, 0.15) is 0 Å². The summed E-state index contributed by atoms with van der Waals surface area (Å²) in [7, 11) is 1.65. The average molecular weight is 206 g/mol. The highest BCUT2D eigenvalue weighted by atomic mass is 16.1. The first kappa shape index (κ1) is 10.0. The molecule has 0 unspecified atom stereocenters. The van der Waals surface area contributed by atoms with Crippen LogP contribution in [0.1, 0.15) is 42.7 Å². The fourth-order valence-corrected chi connectivity index (χ4v) is 1.78. The standard InChI is InChI=1S/C10H14N4O/c1-14-12-10(11-13-14)9(15)7-8-5-3-2-4-6-8/h7H,2-6H2,1H3. The Morgan fingerprint density at radius 2 is 2.07 bits per heavy atom. The summed E-state index contributed by atoms with van der Waals surface area (Å²) in [6, 6.07) is 0. The molecule has 1 saturated carbocycles. The quantitative estimate of drug-likeness (QED) is 0.540. The highest BCUT2D eigenvalue weighted by molar-refractivity contribution is 6.01. The van der Waals surface area contributed by atoms with Crippen LogP contribution in [0.5, 0.6) is 0 Å². The second kappa shape index (κ2) is 4.33. The van der Waals surface area contributed by atoms with E-state index in [9.17, 15) is 4.79 Å². The van der Waals surface area contributed by atoms with E-state index in [0.29, 0.717) is 0 Å². The molecule has 5 nitrogen and oxygen atoms in total. The number of allylic oxidation sites excluding steroid dienone is 2. The first-order valence-electron chi connectivity index (χ1n) is 5.23. The van der Waals surface area contributed by atoms with Gasteiger partial charge in [-0.3, -0.25) is 4.79 Å². The number of ketones is 1. The first-order valence-corrected chi connectivity index (χ1v) is 5.23. The molecule has 5 heteroatoms. The maximum Gasteiger partial charge on any atom is 0.244 e. The Morgan fingerprint density at radius 1 is 1.33 bits per heavy atom. The van der Waals surface area contributed by atoms with E-state index >= 15 is 0 Å². The lowest BCUT2D eigenvalue weighted by molar-refractivity contribution is 0.103. The van der Waals surface area contributed by atoms with Crippen molar-refractivity contribution in [2.75, 3.05) is 0 Å². The minimum Gasteiger partial charge on any atom is -0.286 e. The molecule has 0 bridgehead atoms. The Balaban J connectivity index is 2.08. The van der Waals surface area contributed by atoms with Crippen LogP contribution in [-0.2, 0) is 7.05 Å². The van der Waals surface area contributed by atoms with E-state index in [2.05, 4.69) is 15.4 Å². The lowest BCUT2D eigenvalue weighted by Crippen LogP contribution is -2.03. The van der Waals surface area contributed by atoms with Crippen LogP contribution in [0, 0.1) is 0 Å². The van der Waals surface area contributed by atoms with E-state index in [0.717, 1.165) is 12.8 Å². The van der Waals surface area contributed by atoms with Gasteiger partial charge in [0.05, 0.1) is 7.05 Å². The van der Waals surface area contributed by atoms with Gasteiger partial charge in [0.25, 0.3) is 0 Å². The maximum absolute atomic E-state index is 11.7. The molecule has 15 heavy (non-hydrogen) atoms. The van der Waals surface area contributed by atoms with Crippen LogP contribution in [0.3, 0.4) is 0 Å². The molecule has 0 spiro atoms. The second-order valence-electron chi connectivity index (χ2n) is 3.83. The van der Waals surface area contributed by atoms with Gasteiger partial charge >= 0.3 is 0 Å². The summed E-state index contributed by atoms with van der Waals surface area (Å²) >= 11 is 0. The van der Waals surface area contributed by atoms with Crippen molar-refractivity contribution >= 4 is 5.78 Å². The normalized spacial score (nSPS) is 16.5. The van der Waals surface area contributed by atoms with E-state index in [4.69, 9.17) is 0 Å². The van der Waals surface area contributed by atoms with Crippen molar-refractivity contribution in [2.45, 2.75) is 32.1 Å². The van der Waals surface area contributed by atoms with Crippen molar-refractivity contribution in [2.24, 2.45) is 7.05 Å². The zero-order chi connectivity index (χ0) is 10.7. The molecule has 1 aromatic heterocycles. The zero-order valence-corrected chi connectivity index (χ0v) is 8.81. The molecule has 0 amide bonds. The van der Waals surface area contributed by atoms with Crippen molar-refractivity contribution in [1.82, 2.24) is 20.2 Å². The average Bonchev–Trinajstić information content (AvgIpc) is 2.66. The molecule has 0 radical (unpaired) electrons. The van der Waals surface area contributed by atoms with Crippen molar-refractivity contribution in [3.63, 3.8) is 0 Å². The van der Waals surface area contributed by atoms with E-state index in [1.165, 1.54) is 29.6 Å². The van der Waals surface area contributed by atoms with Gasteiger partial charge < -0.3 is 0 Å². The van der Waals surface area contributed by atoms with Gasteiger partial charge in [-0.25, -0.2) is 0 Å². The van der Waals surface area contributed by atoms with Gasteiger partial charge in [0.15, 0.2) is 0 Å². The molecule has 1 aliphatic carbocycles. The molecular weight excluding hydrogens is 192 g/mol. The number of rotatable bonds is 2. The number of nitrogens with zero attached hydrogens (tertiary/aromatic N) is 4. The lowest BCUT2D eigenvalue weighted by Gasteiger charge is -2.12. The molecule has 1 aliphatic rings. The number of tetrazole rings is 1. The SMILES string of the molecule is Cn1nnc(C(=O)C=C2CCCCC2)n1. The topological polar surface area (TPSA) is 60.7 Å². The number of carbonyl (C=O) groups is 1. The summed E-state index contributed by atoms with van der Waals surface area (Å²) in [6.07, 6.45) is 7.39. The van der Waals surface area contributed by atoms with Crippen LogP contribution in [0.4, 0.5) is 0 Å². The fraction of sp³-hybridized carbons (Fsp3) is 0.600. The predicted octanol–water partition coefficient (Wildman–Crippen LogP) is 1.28. The molecule has 1 fully saturated rings. The maximum atomic E-state index is 11.7. The van der Waals surface area contributed by atoms with Gasteiger partial charge in [-0.1, -0.05) is 12.0 Å². The fourth-order valence-electron chi connectivity index (χ4n) is 1.78. The number of aryl methyl sites for hydroxylation is 1. The third-order valence-electron chi connectivity index (χ3n) is 2.56. The predicted molar refractivity (Wildman–Crippen MR) is 54.3 cm³/mol. The third kappa shape index (κ3) is 2.49. The van der Waals surface area contributed by atoms with Crippen LogP contribution in [0.2, 0.25) is 0 Å². The van der Waals surface area contributed by atoms with Crippen molar-refractivity contribution < 1.29 is 4.79 Å². The molecular formula is C10H14N4O. The summed E-state index contributed by atoms with van der Waals surface area (Å²) in [5.74, 6) is 0.0653. The Hall–Kier alpha value is -1.52. The van der Waals surface area contributed by atoms with Gasteiger partial charge in [0.2, 0.25) is 11.6 Å². The highest BCUT2D eigenvalue weighted by Crippen LogP contribution is 2.22. The van der Waals surface area contributed by atoms with E-state index in [-0.39, 0.29) is 11.6 Å². The van der Waals surface area contributed by atoms with Gasteiger partial charge in [-0.05, 0) is 37.0 Å². The minimum absolute atomic E-state index is 0.125. The summed E-state index contributed by atoms with van der Waals surface area (Å²) in [4.78, 5) is 13.0. The van der Waals surface area contributed by atoms with E-state index < -0.39 is 0 Å². The highest BCUT2D eigenvalue weighted by Gasteiger charge is 2.12. The van der Waals surface area contributed by atoms with E-state index in [1.54, 1.807) is 13.1 Å². The van der Waals surface area contributed by atoms with Crippen LogP contribution in [0.15, 0.2) is 11.6 Å². The molecule has 0 atom stereocenters. The Kier molecular flexibility index (Phi) is 2.89. The van der Waals surface area contributed by atoms with Crippen LogP contribution < -0.4 is 0 Å². The molecule has 80 valence electrons. The van der Waals surface area contributed by atoms with Crippen LogP contribution in [0.25, 0.3) is 0 Å². The van der Waals surface area contributed by atoms with Crippen molar-refractivity contribution in [3.05, 3.63) is 17.5 Å². The Morgan fingerprint density at radius 3 is 2.67 bits per heavy atom. The number of carbonyl (C=O) groups excluding carboxylic acids is 1. The molecule has 0 saturated heterocycles. The van der Waals surface area contributed by atoms with Gasteiger partial charge in [0, 0.05) is 0 Å². The Labute approximate surface area is 88.2 Å². The number of aromatic nitrogens is 4.